The third-order valence-electron chi connectivity index (χ3n) is 5.37. The van der Waals surface area contributed by atoms with Crippen LogP contribution in [0.4, 0.5) is 0 Å². The smallest absolute Gasteiger partial charge is 0.258 e. The summed E-state index contributed by atoms with van der Waals surface area (Å²) >= 11 is 0. The van der Waals surface area contributed by atoms with Crippen LogP contribution in [0, 0.1) is 0 Å². The van der Waals surface area contributed by atoms with E-state index in [1.54, 1.807) is 7.11 Å². The Hall–Kier alpha value is -2.48. The van der Waals surface area contributed by atoms with Gasteiger partial charge in [0.05, 0.1) is 6.54 Å². The van der Waals surface area contributed by atoms with Crippen molar-refractivity contribution in [3.63, 3.8) is 0 Å². The lowest BCUT2D eigenvalue weighted by Gasteiger charge is -2.37. The maximum Gasteiger partial charge on any atom is 0.258 e. The number of methoxy groups -OCH3 is 1. The SMILES string of the molecule is COC1(c2nc(Cc3ccccc3)no2)CCN(Cc2ccc(CO)o2)CC1. The Labute approximate surface area is 163 Å². The van der Waals surface area contributed by atoms with Gasteiger partial charge in [0.1, 0.15) is 23.7 Å². The largest absolute Gasteiger partial charge is 0.462 e. The fourth-order valence-electron chi connectivity index (χ4n) is 3.68. The van der Waals surface area contributed by atoms with Gasteiger partial charge in [-0.3, -0.25) is 4.90 Å². The zero-order valence-corrected chi connectivity index (χ0v) is 16.0. The molecule has 0 spiro atoms. The number of aliphatic hydroxyl groups is 1. The lowest BCUT2D eigenvalue weighted by atomic mass is 9.90. The summed E-state index contributed by atoms with van der Waals surface area (Å²) in [6.07, 6.45) is 2.18. The molecule has 2 aromatic heterocycles. The summed E-state index contributed by atoms with van der Waals surface area (Å²) in [4.78, 5) is 6.93. The summed E-state index contributed by atoms with van der Waals surface area (Å²) in [6, 6.07) is 13.8. The predicted octanol–water partition coefficient (Wildman–Crippen LogP) is 2.88. The number of piperidine rings is 1. The molecule has 3 aromatic rings. The molecule has 7 nitrogen and oxygen atoms in total. The van der Waals surface area contributed by atoms with Gasteiger partial charge in [0.25, 0.3) is 5.89 Å². The van der Waals surface area contributed by atoms with E-state index in [1.165, 1.54) is 0 Å². The van der Waals surface area contributed by atoms with Gasteiger partial charge in [-0.1, -0.05) is 35.5 Å². The first-order valence-electron chi connectivity index (χ1n) is 9.54. The van der Waals surface area contributed by atoms with Crippen LogP contribution in [-0.2, 0) is 29.9 Å². The number of rotatable bonds is 7. The van der Waals surface area contributed by atoms with Gasteiger partial charge in [-0.05, 0) is 30.5 Å². The van der Waals surface area contributed by atoms with E-state index in [0.29, 0.717) is 30.4 Å². The number of hydrogen-bond acceptors (Lipinski definition) is 7. The van der Waals surface area contributed by atoms with Crippen LogP contribution in [0.5, 0.6) is 0 Å². The molecule has 0 radical (unpaired) electrons. The fraction of sp³-hybridized carbons (Fsp3) is 0.429. The number of benzene rings is 1. The average Bonchev–Trinajstić information content (AvgIpc) is 3.39. The highest BCUT2D eigenvalue weighted by molar-refractivity contribution is 5.19. The lowest BCUT2D eigenvalue weighted by Crippen LogP contribution is -2.43. The minimum atomic E-state index is -0.544. The molecule has 7 heteroatoms. The molecule has 1 aliphatic rings. The number of aliphatic hydroxyl groups excluding tert-OH is 1. The van der Waals surface area contributed by atoms with E-state index < -0.39 is 5.60 Å². The molecule has 28 heavy (non-hydrogen) atoms. The summed E-state index contributed by atoms with van der Waals surface area (Å²) < 4.78 is 17.1. The maximum atomic E-state index is 9.13. The summed E-state index contributed by atoms with van der Waals surface area (Å²) in [5.41, 5.74) is 0.606. The van der Waals surface area contributed by atoms with E-state index in [-0.39, 0.29) is 6.61 Å². The second-order valence-electron chi connectivity index (χ2n) is 7.18. The van der Waals surface area contributed by atoms with Crippen LogP contribution in [0.1, 0.15) is 41.6 Å². The predicted molar refractivity (Wildman–Crippen MR) is 101 cm³/mol. The van der Waals surface area contributed by atoms with Crippen molar-refractivity contribution in [2.45, 2.75) is 38.0 Å². The van der Waals surface area contributed by atoms with Gasteiger partial charge >= 0.3 is 0 Å². The van der Waals surface area contributed by atoms with Crippen LogP contribution in [0.25, 0.3) is 0 Å². The van der Waals surface area contributed by atoms with Crippen molar-refractivity contribution in [1.82, 2.24) is 15.0 Å². The molecule has 4 rings (SSSR count). The van der Waals surface area contributed by atoms with Gasteiger partial charge in [-0.15, -0.1) is 0 Å². The van der Waals surface area contributed by atoms with Crippen molar-refractivity contribution in [1.29, 1.82) is 0 Å². The number of furan rings is 1. The Balaban J connectivity index is 1.40. The Morgan fingerprint density at radius 2 is 1.86 bits per heavy atom. The molecule has 0 unspecified atom stereocenters. The molecular weight excluding hydrogens is 358 g/mol. The lowest BCUT2D eigenvalue weighted by molar-refractivity contribution is -0.0845. The Kier molecular flexibility index (Phi) is 5.57. The standard InChI is InChI=1S/C21H25N3O4/c1-26-21(20-22-19(23-28-20)13-16-5-3-2-4-6-16)9-11-24(12-10-21)14-17-7-8-18(15-25)27-17/h2-8,25H,9-15H2,1H3. The zero-order chi connectivity index (χ0) is 19.4. The van der Waals surface area contributed by atoms with Gasteiger partial charge in [-0.25, -0.2) is 0 Å². The van der Waals surface area contributed by atoms with Crippen molar-refractivity contribution < 1.29 is 18.8 Å². The number of nitrogens with zero attached hydrogens (tertiary/aromatic N) is 3. The molecule has 1 fully saturated rings. The summed E-state index contributed by atoms with van der Waals surface area (Å²) in [5.74, 6) is 2.68. The minimum absolute atomic E-state index is 0.0741. The quantitative estimate of drug-likeness (QED) is 0.671. The number of ether oxygens (including phenoxy) is 1. The number of likely N-dealkylation sites (tertiary alicyclic amines) is 1. The summed E-state index contributed by atoms with van der Waals surface area (Å²) in [7, 11) is 1.71. The highest BCUT2D eigenvalue weighted by atomic mass is 16.5. The zero-order valence-electron chi connectivity index (χ0n) is 16.0. The minimum Gasteiger partial charge on any atom is -0.462 e. The molecule has 0 aliphatic carbocycles. The van der Waals surface area contributed by atoms with Crippen molar-refractivity contribution in [2.75, 3.05) is 20.2 Å². The highest BCUT2D eigenvalue weighted by Gasteiger charge is 2.41. The van der Waals surface area contributed by atoms with E-state index >= 15 is 0 Å². The molecule has 0 atom stereocenters. The first-order chi connectivity index (χ1) is 13.7. The first kappa shape index (κ1) is 18.9. The Morgan fingerprint density at radius 1 is 1.11 bits per heavy atom. The number of hydrogen-bond donors (Lipinski definition) is 1. The van der Waals surface area contributed by atoms with Gasteiger partial charge in [0.2, 0.25) is 0 Å². The highest BCUT2D eigenvalue weighted by Crippen LogP contribution is 2.35. The molecule has 1 saturated heterocycles. The fourth-order valence-corrected chi connectivity index (χ4v) is 3.68. The molecule has 3 heterocycles. The maximum absolute atomic E-state index is 9.13. The van der Waals surface area contributed by atoms with Crippen LogP contribution >= 0.6 is 0 Å². The third-order valence-corrected chi connectivity index (χ3v) is 5.37. The van der Waals surface area contributed by atoms with Crippen LogP contribution in [-0.4, -0.2) is 40.3 Å². The topological polar surface area (TPSA) is 84.8 Å². The molecule has 1 aromatic carbocycles. The first-order valence-corrected chi connectivity index (χ1v) is 9.54. The van der Waals surface area contributed by atoms with E-state index in [0.717, 1.165) is 37.3 Å². The summed E-state index contributed by atoms with van der Waals surface area (Å²) in [6.45, 7) is 2.30. The third kappa shape index (κ3) is 4.01. The molecule has 0 amide bonds. The Morgan fingerprint density at radius 3 is 2.54 bits per heavy atom. The molecule has 1 aliphatic heterocycles. The second kappa shape index (κ2) is 8.26. The monoisotopic (exact) mass is 383 g/mol. The molecule has 1 N–H and O–H groups in total. The second-order valence-corrected chi connectivity index (χ2v) is 7.18. The van der Waals surface area contributed by atoms with Crippen molar-refractivity contribution in [3.05, 3.63) is 71.3 Å². The molecule has 0 bridgehead atoms. The van der Waals surface area contributed by atoms with Crippen LogP contribution in [0.3, 0.4) is 0 Å². The molecular formula is C21H25N3O4. The van der Waals surface area contributed by atoms with Crippen LogP contribution in [0.15, 0.2) is 51.4 Å². The van der Waals surface area contributed by atoms with Crippen LogP contribution in [0.2, 0.25) is 0 Å². The average molecular weight is 383 g/mol. The van der Waals surface area contributed by atoms with Crippen LogP contribution < -0.4 is 0 Å². The van der Waals surface area contributed by atoms with E-state index in [1.807, 2.05) is 30.3 Å². The Bertz CT molecular complexity index is 882. The van der Waals surface area contributed by atoms with Gasteiger partial charge in [0.15, 0.2) is 5.82 Å². The van der Waals surface area contributed by atoms with E-state index in [2.05, 4.69) is 27.2 Å². The summed E-state index contributed by atoms with van der Waals surface area (Å²) in [5, 5.41) is 13.3. The molecule has 148 valence electrons. The normalized spacial score (nSPS) is 17.1. The van der Waals surface area contributed by atoms with Gasteiger partial charge in [-0.2, -0.15) is 4.98 Å². The van der Waals surface area contributed by atoms with E-state index in [9.17, 15) is 0 Å². The van der Waals surface area contributed by atoms with Gasteiger partial charge < -0.3 is 18.8 Å². The van der Waals surface area contributed by atoms with Crippen molar-refractivity contribution in [3.8, 4) is 0 Å². The van der Waals surface area contributed by atoms with Crippen molar-refractivity contribution in [2.24, 2.45) is 0 Å². The van der Waals surface area contributed by atoms with Crippen molar-refractivity contribution >= 4 is 0 Å². The van der Waals surface area contributed by atoms with E-state index in [4.69, 9.17) is 18.8 Å². The van der Waals surface area contributed by atoms with Gasteiger partial charge in [0, 0.05) is 26.6 Å². The molecule has 0 saturated carbocycles. The number of aromatic nitrogens is 2.